The van der Waals surface area contributed by atoms with Crippen molar-refractivity contribution < 1.29 is 17.6 Å². The number of hydrogen-bond acceptors (Lipinski definition) is 3. The Bertz CT molecular complexity index is 913. The molecule has 3 rings (SSSR count). The maximum atomic E-state index is 13.0. The van der Waals surface area contributed by atoms with Crippen LogP contribution in [0, 0.1) is 11.7 Å². The standard InChI is InChI=1S/C20H23FN2O3S/c1-14-5-2-3-8-19(14)22-20(24)15-6-4-7-18(13-15)27(25,26)23-17-11-9-16(21)10-12-17/h4,6-7,9-14,19,23H,2-3,5,8H2,1H3,(H,22,24)/t14-,19-/m0/s1. The predicted octanol–water partition coefficient (Wildman–Crippen LogP) is 3.94. The fourth-order valence-corrected chi connectivity index (χ4v) is 4.42. The molecule has 1 fully saturated rings. The van der Waals surface area contributed by atoms with Gasteiger partial charge in [-0.25, -0.2) is 12.8 Å². The molecular weight excluding hydrogens is 367 g/mol. The molecule has 0 heterocycles. The maximum Gasteiger partial charge on any atom is 0.261 e. The van der Waals surface area contributed by atoms with Gasteiger partial charge in [0.25, 0.3) is 15.9 Å². The van der Waals surface area contributed by atoms with Crippen LogP contribution in [0.3, 0.4) is 0 Å². The number of hydrogen-bond donors (Lipinski definition) is 2. The Morgan fingerprint density at radius 1 is 1.07 bits per heavy atom. The quantitative estimate of drug-likeness (QED) is 0.812. The summed E-state index contributed by atoms with van der Waals surface area (Å²) in [5, 5.41) is 3.02. The summed E-state index contributed by atoms with van der Waals surface area (Å²) in [5.74, 6) is -0.309. The third-order valence-electron chi connectivity index (χ3n) is 4.93. The molecule has 144 valence electrons. The molecule has 0 aromatic heterocycles. The lowest BCUT2D eigenvalue weighted by atomic mass is 9.86. The molecule has 0 unspecified atom stereocenters. The lowest BCUT2D eigenvalue weighted by Crippen LogP contribution is -2.41. The molecule has 0 spiro atoms. The van der Waals surface area contributed by atoms with Gasteiger partial charge < -0.3 is 5.32 Å². The first-order valence-electron chi connectivity index (χ1n) is 9.04. The Labute approximate surface area is 159 Å². The molecule has 1 aliphatic carbocycles. The fourth-order valence-electron chi connectivity index (χ4n) is 3.32. The Morgan fingerprint density at radius 3 is 2.48 bits per heavy atom. The van der Waals surface area contributed by atoms with Gasteiger partial charge in [0.1, 0.15) is 5.82 Å². The number of halogens is 1. The van der Waals surface area contributed by atoms with Crippen molar-refractivity contribution in [3.05, 3.63) is 59.9 Å². The zero-order valence-electron chi connectivity index (χ0n) is 15.1. The van der Waals surface area contributed by atoms with Crippen LogP contribution in [0.2, 0.25) is 0 Å². The van der Waals surface area contributed by atoms with Gasteiger partial charge in [-0.15, -0.1) is 0 Å². The van der Waals surface area contributed by atoms with E-state index in [2.05, 4.69) is 17.0 Å². The van der Waals surface area contributed by atoms with E-state index in [1.54, 1.807) is 12.1 Å². The third kappa shape index (κ3) is 4.86. The average Bonchev–Trinajstić information content (AvgIpc) is 2.65. The Hall–Kier alpha value is -2.41. The van der Waals surface area contributed by atoms with Crippen LogP contribution in [0.25, 0.3) is 0 Å². The van der Waals surface area contributed by atoms with Gasteiger partial charge in [0.05, 0.1) is 4.90 Å². The predicted molar refractivity (Wildman–Crippen MR) is 103 cm³/mol. The fraction of sp³-hybridized carbons (Fsp3) is 0.350. The number of nitrogens with one attached hydrogen (secondary N) is 2. The molecule has 2 atom stereocenters. The van der Waals surface area contributed by atoms with E-state index >= 15 is 0 Å². The number of benzene rings is 2. The zero-order chi connectivity index (χ0) is 19.4. The van der Waals surface area contributed by atoms with Crippen LogP contribution in [-0.4, -0.2) is 20.4 Å². The number of rotatable bonds is 5. The number of amides is 1. The van der Waals surface area contributed by atoms with Gasteiger partial charge in [-0.1, -0.05) is 25.8 Å². The van der Waals surface area contributed by atoms with Gasteiger partial charge in [-0.05, 0) is 61.2 Å². The minimum atomic E-state index is -3.88. The SMILES string of the molecule is C[C@H]1CCCC[C@@H]1NC(=O)c1cccc(S(=O)(=O)Nc2ccc(F)cc2)c1. The van der Waals surface area contributed by atoms with Crippen molar-refractivity contribution in [3.63, 3.8) is 0 Å². The van der Waals surface area contributed by atoms with Gasteiger partial charge >= 0.3 is 0 Å². The monoisotopic (exact) mass is 390 g/mol. The second-order valence-electron chi connectivity index (χ2n) is 6.98. The Balaban J connectivity index is 1.75. The van der Waals surface area contributed by atoms with E-state index in [1.807, 2.05) is 0 Å². The van der Waals surface area contributed by atoms with E-state index in [4.69, 9.17) is 0 Å². The minimum absolute atomic E-state index is 0.0174. The topological polar surface area (TPSA) is 75.3 Å². The third-order valence-corrected chi connectivity index (χ3v) is 6.31. The van der Waals surface area contributed by atoms with Crippen molar-refractivity contribution in [2.45, 2.75) is 43.5 Å². The average molecular weight is 390 g/mol. The van der Waals surface area contributed by atoms with Crippen molar-refractivity contribution in [1.82, 2.24) is 5.32 Å². The summed E-state index contributed by atoms with van der Waals surface area (Å²) in [5.41, 5.74) is 0.553. The Morgan fingerprint density at radius 2 is 1.78 bits per heavy atom. The smallest absolute Gasteiger partial charge is 0.261 e. The molecule has 0 aliphatic heterocycles. The van der Waals surface area contributed by atoms with Crippen LogP contribution < -0.4 is 10.0 Å². The molecule has 2 N–H and O–H groups in total. The molecule has 0 saturated heterocycles. The van der Waals surface area contributed by atoms with E-state index in [0.29, 0.717) is 11.5 Å². The summed E-state index contributed by atoms with van der Waals surface area (Å²) in [4.78, 5) is 12.5. The lowest BCUT2D eigenvalue weighted by Gasteiger charge is -2.29. The molecule has 2 aromatic rings. The summed E-state index contributed by atoms with van der Waals surface area (Å²) in [7, 11) is -3.88. The first-order chi connectivity index (χ1) is 12.8. The lowest BCUT2D eigenvalue weighted by molar-refractivity contribution is 0.0910. The highest BCUT2D eigenvalue weighted by atomic mass is 32.2. The molecule has 7 heteroatoms. The van der Waals surface area contributed by atoms with Crippen molar-refractivity contribution in [2.24, 2.45) is 5.92 Å². The maximum absolute atomic E-state index is 13.0. The van der Waals surface area contributed by atoms with E-state index in [0.717, 1.165) is 19.3 Å². The van der Waals surface area contributed by atoms with E-state index in [-0.39, 0.29) is 22.5 Å². The van der Waals surface area contributed by atoms with E-state index < -0.39 is 15.8 Å². The summed E-state index contributed by atoms with van der Waals surface area (Å²) < 4.78 is 40.5. The van der Waals surface area contributed by atoms with Crippen molar-refractivity contribution in [1.29, 1.82) is 0 Å². The van der Waals surface area contributed by atoms with Gasteiger partial charge in [-0.2, -0.15) is 0 Å². The van der Waals surface area contributed by atoms with Crippen LogP contribution in [-0.2, 0) is 10.0 Å². The molecule has 5 nitrogen and oxygen atoms in total. The van der Waals surface area contributed by atoms with Gasteiger partial charge in [0.15, 0.2) is 0 Å². The molecule has 0 radical (unpaired) electrons. The van der Waals surface area contributed by atoms with Crippen LogP contribution >= 0.6 is 0 Å². The second kappa shape index (κ2) is 8.08. The summed E-state index contributed by atoms with van der Waals surface area (Å²) in [6.45, 7) is 2.12. The molecule has 1 saturated carbocycles. The van der Waals surface area contributed by atoms with Gasteiger partial charge in [0.2, 0.25) is 0 Å². The normalized spacial score (nSPS) is 20.1. The van der Waals surface area contributed by atoms with Crippen molar-refractivity contribution >= 4 is 21.6 Å². The number of anilines is 1. The number of carbonyl (C=O) groups excluding carboxylic acids is 1. The first-order valence-corrected chi connectivity index (χ1v) is 10.5. The van der Waals surface area contributed by atoms with Gasteiger partial charge in [0, 0.05) is 17.3 Å². The van der Waals surface area contributed by atoms with Gasteiger partial charge in [-0.3, -0.25) is 9.52 Å². The molecule has 1 amide bonds. The molecule has 1 aliphatic rings. The van der Waals surface area contributed by atoms with E-state index in [1.165, 1.54) is 42.8 Å². The molecular formula is C20H23FN2O3S. The number of carbonyl (C=O) groups is 1. The molecule has 27 heavy (non-hydrogen) atoms. The molecule has 0 bridgehead atoms. The second-order valence-corrected chi connectivity index (χ2v) is 8.66. The van der Waals surface area contributed by atoms with Crippen molar-refractivity contribution in [3.8, 4) is 0 Å². The Kier molecular flexibility index (Phi) is 5.79. The number of sulfonamides is 1. The summed E-state index contributed by atoms with van der Waals surface area (Å²) in [6.07, 6.45) is 4.29. The van der Waals surface area contributed by atoms with E-state index in [9.17, 15) is 17.6 Å². The highest BCUT2D eigenvalue weighted by molar-refractivity contribution is 7.92. The van der Waals surface area contributed by atoms with Crippen LogP contribution in [0.15, 0.2) is 53.4 Å². The first kappa shape index (κ1) is 19.4. The summed E-state index contributed by atoms with van der Waals surface area (Å²) >= 11 is 0. The summed E-state index contributed by atoms with van der Waals surface area (Å²) in [6, 6.07) is 11.1. The van der Waals surface area contributed by atoms with Crippen molar-refractivity contribution in [2.75, 3.05) is 4.72 Å². The molecule has 2 aromatic carbocycles. The highest BCUT2D eigenvalue weighted by Gasteiger charge is 2.24. The highest BCUT2D eigenvalue weighted by Crippen LogP contribution is 2.24. The minimum Gasteiger partial charge on any atom is -0.349 e. The van der Waals surface area contributed by atoms with Crippen LogP contribution in [0.5, 0.6) is 0 Å². The largest absolute Gasteiger partial charge is 0.349 e. The van der Waals surface area contributed by atoms with Crippen LogP contribution in [0.4, 0.5) is 10.1 Å². The van der Waals surface area contributed by atoms with Crippen LogP contribution in [0.1, 0.15) is 43.0 Å². The zero-order valence-corrected chi connectivity index (χ0v) is 15.9.